The Kier molecular flexibility index (Phi) is 9.39. The third kappa shape index (κ3) is 7.53. The fourth-order valence-corrected chi connectivity index (χ4v) is 3.81. The number of rotatable bonds is 11. The number of Topliss-reactive ketones (excluding diaryl/α,β-unsaturated/α-hetero) is 1. The van der Waals surface area contributed by atoms with Crippen LogP contribution in [0.2, 0.25) is 0 Å². The number of hydrogen-bond acceptors (Lipinski definition) is 6. The summed E-state index contributed by atoms with van der Waals surface area (Å²) in [5.74, 6) is -2.73. The van der Waals surface area contributed by atoms with Gasteiger partial charge in [0.25, 0.3) is 5.91 Å². The molecule has 2 rings (SSSR count). The van der Waals surface area contributed by atoms with E-state index < -0.39 is 47.2 Å². The molecule has 1 unspecified atom stereocenters. The van der Waals surface area contributed by atoms with Crippen LogP contribution in [0.3, 0.4) is 0 Å². The minimum atomic E-state index is -1.22. The number of ketones is 1. The molecule has 10 heteroatoms. The second-order valence-electron chi connectivity index (χ2n) is 9.63. The smallest absolute Gasteiger partial charge is 0.408 e. The van der Waals surface area contributed by atoms with Crippen molar-refractivity contribution >= 4 is 29.6 Å². The van der Waals surface area contributed by atoms with E-state index in [1.165, 1.54) is 13.8 Å². The number of amides is 4. The highest BCUT2D eigenvalue weighted by Gasteiger charge is 2.62. The molecule has 1 aromatic rings. The van der Waals surface area contributed by atoms with Crippen LogP contribution < -0.4 is 21.3 Å². The number of alkyl carbamates (subject to hydrolysis) is 1. The van der Waals surface area contributed by atoms with Gasteiger partial charge in [-0.05, 0) is 51.5 Å². The third-order valence-corrected chi connectivity index (χ3v) is 5.90. The van der Waals surface area contributed by atoms with E-state index in [9.17, 15) is 24.0 Å². The van der Waals surface area contributed by atoms with Gasteiger partial charge >= 0.3 is 6.09 Å². The van der Waals surface area contributed by atoms with Gasteiger partial charge in [0.2, 0.25) is 17.6 Å². The average Bonchev–Trinajstić information content (AvgIpc) is 3.53. The van der Waals surface area contributed by atoms with Gasteiger partial charge < -0.3 is 26.0 Å². The Hall–Kier alpha value is -3.43. The van der Waals surface area contributed by atoms with Gasteiger partial charge in [-0.2, -0.15) is 0 Å². The largest absolute Gasteiger partial charge is 0.445 e. The first-order chi connectivity index (χ1) is 16.4. The van der Waals surface area contributed by atoms with Crippen molar-refractivity contribution in [3.05, 3.63) is 35.9 Å². The molecule has 1 aliphatic rings. The second kappa shape index (κ2) is 11.8. The Bertz CT molecular complexity index is 949. The first-order valence-corrected chi connectivity index (χ1v) is 11.8. The van der Waals surface area contributed by atoms with E-state index >= 15 is 0 Å². The maximum atomic E-state index is 13.1. The van der Waals surface area contributed by atoms with Crippen molar-refractivity contribution in [1.29, 1.82) is 0 Å². The summed E-state index contributed by atoms with van der Waals surface area (Å²) in [6, 6.07) is 6.86. The number of hydrogen-bond donors (Lipinski definition) is 4. The SMILES string of the molecule is CC(C)NC(=O)C(=O)[C@H](C)NC(=O)C1(NC(=O)[C@H](C)NC(=O)OCc2ccccc2)C[C@H]1C(C)C. The van der Waals surface area contributed by atoms with Gasteiger partial charge in [-0.1, -0.05) is 44.2 Å². The molecule has 0 heterocycles. The van der Waals surface area contributed by atoms with Crippen LogP contribution in [0.1, 0.15) is 53.5 Å². The van der Waals surface area contributed by atoms with E-state index in [1.54, 1.807) is 13.8 Å². The quantitative estimate of drug-likeness (QED) is 0.347. The monoisotopic (exact) mass is 488 g/mol. The van der Waals surface area contributed by atoms with Crippen molar-refractivity contribution in [3.8, 4) is 0 Å². The van der Waals surface area contributed by atoms with Gasteiger partial charge in [-0.15, -0.1) is 0 Å². The van der Waals surface area contributed by atoms with Crippen LogP contribution in [-0.2, 0) is 30.5 Å². The summed E-state index contributed by atoms with van der Waals surface area (Å²) in [6.45, 7) is 10.3. The zero-order valence-electron chi connectivity index (χ0n) is 21.1. The highest BCUT2D eigenvalue weighted by atomic mass is 16.5. The predicted molar refractivity (Wildman–Crippen MR) is 129 cm³/mol. The van der Waals surface area contributed by atoms with E-state index in [-0.39, 0.29) is 24.5 Å². The van der Waals surface area contributed by atoms with Gasteiger partial charge in [-0.25, -0.2) is 4.79 Å². The number of nitrogens with one attached hydrogen (secondary N) is 4. The lowest BCUT2D eigenvalue weighted by molar-refractivity contribution is -0.140. The molecule has 4 atom stereocenters. The number of ether oxygens (including phenoxy) is 1. The van der Waals surface area contributed by atoms with Gasteiger partial charge in [0, 0.05) is 6.04 Å². The van der Waals surface area contributed by atoms with Crippen molar-refractivity contribution < 1.29 is 28.7 Å². The Balaban J connectivity index is 1.97. The fraction of sp³-hybridized carbons (Fsp3) is 0.560. The van der Waals surface area contributed by atoms with Crippen LogP contribution in [0.4, 0.5) is 4.79 Å². The van der Waals surface area contributed by atoms with Crippen molar-refractivity contribution in [2.75, 3.05) is 0 Å². The first-order valence-electron chi connectivity index (χ1n) is 11.8. The van der Waals surface area contributed by atoms with Crippen molar-refractivity contribution in [2.24, 2.45) is 11.8 Å². The van der Waals surface area contributed by atoms with Gasteiger partial charge in [0.1, 0.15) is 18.2 Å². The van der Waals surface area contributed by atoms with Crippen LogP contribution in [0.15, 0.2) is 30.3 Å². The lowest BCUT2D eigenvalue weighted by atomic mass is 10.0. The molecular weight excluding hydrogens is 452 g/mol. The molecule has 4 amide bonds. The molecule has 1 saturated carbocycles. The minimum Gasteiger partial charge on any atom is -0.445 e. The molecule has 0 aromatic heterocycles. The van der Waals surface area contributed by atoms with Crippen LogP contribution >= 0.6 is 0 Å². The topological polar surface area (TPSA) is 143 Å². The molecule has 1 aliphatic carbocycles. The summed E-state index contributed by atoms with van der Waals surface area (Å²) in [4.78, 5) is 62.4. The van der Waals surface area contributed by atoms with E-state index in [0.29, 0.717) is 6.42 Å². The molecule has 0 saturated heterocycles. The molecule has 192 valence electrons. The molecule has 0 spiro atoms. The lowest BCUT2D eigenvalue weighted by Gasteiger charge is -2.24. The Labute approximate surface area is 205 Å². The average molecular weight is 489 g/mol. The van der Waals surface area contributed by atoms with E-state index in [1.807, 2.05) is 44.2 Å². The molecule has 0 bridgehead atoms. The number of carbonyl (C=O) groups excluding carboxylic acids is 5. The highest BCUT2D eigenvalue weighted by molar-refractivity contribution is 6.38. The molecule has 10 nitrogen and oxygen atoms in total. The van der Waals surface area contributed by atoms with E-state index in [2.05, 4.69) is 21.3 Å². The third-order valence-electron chi connectivity index (χ3n) is 5.90. The molecule has 4 N–H and O–H groups in total. The number of benzene rings is 1. The molecule has 0 radical (unpaired) electrons. The fourth-order valence-electron chi connectivity index (χ4n) is 3.81. The summed E-state index contributed by atoms with van der Waals surface area (Å²) < 4.78 is 5.15. The molecule has 1 aromatic carbocycles. The van der Waals surface area contributed by atoms with Crippen molar-refractivity contribution in [3.63, 3.8) is 0 Å². The second-order valence-corrected chi connectivity index (χ2v) is 9.63. The summed E-state index contributed by atoms with van der Waals surface area (Å²) in [7, 11) is 0. The zero-order chi connectivity index (χ0) is 26.3. The molecule has 0 aliphatic heterocycles. The highest BCUT2D eigenvalue weighted by Crippen LogP contribution is 2.48. The zero-order valence-corrected chi connectivity index (χ0v) is 21.1. The minimum absolute atomic E-state index is 0.0546. The maximum Gasteiger partial charge on any atom is 0.408 e. The normalized spacial score (nSPS) is 20.4. The lowest BCUT2D eigenvalue weighted by Crippen LogP contribution is -2.58. The van der Waals surface area contributed by atoms with Crippen LogP contribution in [0.25, 0.3) is 0 Å². The van der Waals surface area contributed by atoms with Crippen LogP contribution in [0.5, 0.6) is 0 Å². The molecule has 1 fully saturated rings. The summed E-state index contributed by atoms with van der Waals surface area (Å²) in [5, 5.41) is 10.3. The Morgan fingerprint density at radius 1 is 0.914 bits per heavy atom. The summed E-state index contributed by atoms with van der Waals surface area (Å²) in [5.41, 5.74) is -0.419. The van der Waals surface area contributed by atoms with Crippen LogP contribution in [-0.4, -0.2) is 53.3 Å². The van der Waals surface area contributed by atoms with E-state index in [0.717, 1.165) is 5.56 Å². The Morgan fingerprint density at radius 2 is 1.54 bits per heavy atom. The number of carbonyl (C=O) groups is 5. The molecular formula is C25H36N4O6. The molecule has 35 heavy (non-hydrogen) atoms. The standard InChI is InChI=1S/C25H36N4O6/c1-14(2)19-12-25(19,23(33)27-16(5)20(30)22(32)26-15(3)4)29-21(31)17(6)28-24(34)35-13-18-10-8-7-9-11-18/h7-11,14-17,19H,12-13H2,1-6H3,(H,26,32)(H,27,33)(H,28,34)(H,29,31)/t16-,17-,19-,25?/m0/s1. The van der Waals surface area contributed by atoms with Gasteiger partial charge in [0.15, 0.2) is 0 Å². The summed E-state index contributed by atoms with van der Waals surface area (Å²) in [6.07, 6.45) is -0.381. The maximum absolute atomic E-state index is 13.1. The van der Waals surface area contributed by atoms with E-state index in [4.69, 9.17) is 4.74 Å². The Morgan fingerprint density at radius 3 is 2.09 bits per heavy atom. The summed E-state index contributed by atoms with van der Waals surface area (Å²) >= 11 is 0. The van der Waals surface area contributed by atoms with Crippen LogP contribution in [0, 0.1) is 11.8 Å². The van der Waals surface area contributed by atoms with Crippen molar-refractivity contribution in [1.82, 2.24) is 21.3 Å². The predicted octanol–water partition coefficient (Wildman–Crippen LogP) is 1.43. The van der Waals surface area contributed by atoms with Crippen molar-refractivity contribution in [2.45, 2.75) is 78.2 Å². The first kappa shape index (κ1) is 27.8. The van der Waals surface area contributed by atoms with Gasteiger partial charge in [-0.3, -0.25) is 19.2 Å². The van der Waals surface area contributed by atoms with Gasteiger partial charge in [0.05, 0.1) is 6.04 Å².